The molecule has 6 aromatic carbocycles. The zero-order valence-electron chi connectivity index (χ0n) is 73.8. The topological polar surface area (TPSA) is 178 Å². The highest BCUT2D eigenvalue weighted by Gasteiger charge is 2.47. The molecule has 598 valence electrons. The molecule has 0 bridgehead atoms. The molecule has 6 aromatic rings. The van der Waals surface area contributed by atoms with Gasteiger partial charge in [-0.1, -0.05) is 195 Å². The molecule has 0 aliphatic rings. The average Bonchev–Trinajstić information content (AvgIpc) is 0.743. The van der Waals surface area contributed by atoms with Gasteiger partial charge < -0.3 is 47.4 Å². The molecule has 0 heterocycles. The minimum absolute atomic E-state index is 0.255. The quantitative estimate of drug-likeness (QED) is 0.0435. The first-order chi connectivity index (χ1) is 48.8. The van der Waals surface area contributed by atoms with Crippen LogP contribution in [0.3, 0.4) is 0 Å². The van der Waals surface area contributed by atoms with E-state index >= 15 is 4.79 Å². The Balaban J connectivity index is 1.57. The normalized spacial score (nSPS) is 13.6. The van der Waals surface area contributed by atoms with Gasteiger partial charge in [-0.3, -0.25) is 0 Å². The first-order valence-electron chi connectivity index (χ1n) is 38.3. The monoisotopic (exact) mass is 1500 g/mol. The highest BCUT2D eigenvalue weighted by atomic mass is 16.8. The van der Waals surface area contributed by atoms with Crippen LogP contribution in [0.15, 0.2) is 84.9 Å². The Morgan fingerprint density at radius 2 is 0.541 bits per heavy atom. The molecule has 15 nitrogen and oxygen atoms in total. The molecule has 0 amide bonds. The van der Waals surface area contributed by atoms with Crippen molar-refractivity contribution in [2.45, 2.75) is 347 Å². The molecule has 1 unspecified atom stereocenters. The van der Waals surface area contributed by atoms with Crippen LogP contribution in [0.4, 0.5) is 24.0 Å². The van der Waals surface area contributed by atoms with E-state index in [1.165, 1.54) is 0 Å². The highest BCUT2D eigenvalue weighted by Crippen LogP contribution is 2.52. The van der Waals surface area contributed by atoms with Gasteiger partial charge in [0.15, 0.2) is 0 Å². The van der Waals surface area contributed by atoms with Crippen LogP contribution in [0.25, 0.3) is 11.1 Å². The minimum Gasteiger partial charge on any atom is -0.428 e. The van der Waals surface area contributed by atoms with Gasteiger partial charge in [-0.15, -0.1) is 0 Å². The predicted octanol–water partition coefficient (Wildman–Crippen LogP) is 26.1. The molecule has 0 aliphatic carbocycles. The van der Waals surface area contributed by atoms with Crippen molar-refractivity contribution >= 4 is 30.8 Å². The molecule has 6 rings (SSSR count). The SMILES string of the molecule is Cc1cc(OC(=O)OC(C)(C)C)c(C(C)(C)C)cc1C(c1ccc(C(C)(C)c2cc(C(C)(C)C)c(OC(=O)OC(C)(C)C)cc2C)cc1)c1cc(C(C)(C)C)c(OC(=O)OC(C)(C)C(C)(C)c2cc(-c3cc(C(C)(C)C)c(OC(=O)OC(C)(C)C)c(C(C)(C)C)c3)cc(C(C)(C)C)c2OC(=O)OC(C)(C)C)cc1C. The molecule has 0 spiro atoms. The number of benzene rings is 6. The lowest BCUT2D eigenvalue weighted by Crippen LogP contribution is -2.47. The fraction of sp³-hybridized carbons (Fsp3) is 0.564. The van der Waals surface area contributed by atoms with Gasteiger partial charge >= 0.3 is 30.8 Å². The minimum atomic E-state index is -1.42. The first kappa shape index (κ1) is 89.6. The molecular weight excluding hydrogens is 1370 g/mol. The van der Waals surface area contributed by atoms with E-state index in [1.807, 2.05) is 132 Å². The van der Waals surface area contributed by atoms with Gasteiger partial charge in [0, 0.05) is 55.7 Å². The van der Waals surface area contributed by atoms with Crippen molar-refractivity contribution in [2.75, 3.05) is 0 Å². The third kappa shape index (κ3) is 22.5. The second-order valence-corrected chi connectivity index (χ2v) is 41.4. The summed E-state index contributed by atoms with van der Waals surface area (Å²) in [5, 5.41) is 0. The summed E-state index contributed by atoms with van der Waals surface area (Å²) in [5.74, 6) is 1.38. The zero-order valence-corrected chi connectivity index (χ0v) is 73.8. The average molecular weight is 1500 g/mol. The van der Waals surface area contributed by atoms with Crippen molar-refractivity contribution in [3.63, 3.8) is 0 Å². The number of hydrogen-bond donors (Lipinski definition) is 0. The third-order valence-electron chi connectivity index (χ3n) is 19.7. The van der Waals surface area contributed by atoms with Crippen molar-refractivity contribution in [3.8, 4) is 39.9 Å². The number of hydrogen-bond acceptors (Lipinski definition) is 15. The summed E-state index contributed by atoms with van der Waals surface area (Å²) < 4.78 is 61.0. The van der Waals surface area contributed by atoms with Gasteiger partial charge in [-0.2, -0.15) is 0 Å². The number of ether oxygens (including phenoxy) is 10. The van der Waals surface area contributed by atoms with E-state index in [0.29, 0.717) is 34.1 Å². The predicted molar refractivity (Wildman–Crippen MR) is 439 cm³/mol. The van der Waals surface area contributed by atoms with E-state index in [-0.39, 0.29) is 5.75 Å². The fourth-order valence-corrected chi connectivity index (χ4v) is 13.3. The summed E-state index contributed by atoms with van der Waals surface area (Å²) in [6.07, 6.45) is -4.25. The van der Waals surface area contributed by atoms with Crippen molar-refractivity contribution < 1.29 is 71.3 Å². The molecule has 0 N–H and O–H groups in total. The van der Waals surface area contributed by atoms with Crippen LogP contribution >= 0.6 is 0 Å². The van der Waals surface area contributed by atoms with E-state index in [1.54, 1.807) is 62.3 Å². The van der Waals surface area contributed by atoms with Crippen LogP contribution in [0.1, 0.15) is 339 Å². The van der Waals surface area contributed by atoms with Crippen molar-refractivity contribution in [1.29, 1.82) is 0 Å². The molecule has 0 saturated carbocycles. The number of aryl methyl sites for hydroxylation is 3. The summed E-state index contributed by atoms with van der Waals surface area (Å²) in [4.78, 5) is 69.8. The number of carbonyl (C=O) groups excluding carboxylic acids is 5. The summed E-state index contributed by atoms with van der Waals surface area (Å²) >= 11 is 0. The van der Waals surface area contributed by atoms with Crippen LogP contribution < -0.4 is 23.7 Å². The van der Waals surface area contributed by atoms with E-state index in [4.69, 9.17) is 47.4 Å². The standard InChI is InChI=1S/C94H132O15/c1-54-44-71(100-77(95)105-88(22,23)24)64(82(4,5)6)51-61(54)74(57-40-42-60(43-41-57)92(34,35)63-53-66(84(10,11)12)73(46-56(63)3)101-78(96)106-89(25,26)27)62-52-65(83(7,8)9)72(45-55(62)2)102-79(97)109-94(38,39)93(36,37)70-50-59(49-69(87(19,20)21)76(70)104-81(99)108-91(31,32)33)58-47-67(85(13,14)15)75(68(48-58)86(16,17)18)103-80(98)107-90(28,29)30/h40-53,74H,1-39H3. The summed E-state index contributed by atoms with van der Waals surface area (Å²) in [7, 11) is 0. The molecule has 0 fully saturated rings. The Kier molecular flexibility index (Phi) is 25.3. The molecule has 0 saturated heterocycles. The molecule has 15 heteroatoms. The Hall–Kier alpha value is -8.33. The molecule has 0 aromatic heterocycles. The van der Waals surface area contributed by atoms with Crippen molar-refractivity contribution in [3.05, 3.63) is 168 Å². The lowest BCUT2D eigenvalue weighted by molar-refractivity contribution is -0.0351. The van der Waals surface area contributed by atoms with E-state index in [0.717, 1.165) is 83.5 Å². The van der Waals surface area contributed by atoms with Crippen LogP contribution in [0, 0.1) is 20.8 Å². The first-order valence-corrected chi connectivity index (χ1v) is 38.3. The summed E-state index contributed by atoms with van der Waals surface area (Å²) in [6.45, 7) is 77.0. The summed E-state index contributed by atoms with van der Waals surface area (Å²) in [6, 6.07) is 29.1. The second-order valence-electron chi connectivity index (χ2n) is 41.4. The molecule has 0 aliphatic heterocycles. The Morgan fingerprint density at radius 1 is 0.275 bits per heavy atom. The lowest BCUT2D eigenvalue weighted by atomic mass is 9.68. The van der Waals surface area contributed by atoms with Crippen molar-refractivity contribution in [1.82, 2.24) is 0 Å². The van der Waals surface area contributed by atoms with Gasteiger partial charge in [0.05, 0.1) is 0 Å². The van der Waals surface area contributed by atoms with Gasteiger partial charge in [-0.05, 0) is 248 Å². The van der Waals surface area contributed by atoms with Gasteiger partial charge in [0.1, 0.15) is 56.8 Å². The Morgan fingerprint density at radius 3 is 0.844 bits per heavy atom. The third-order valence-corrected chi connectivity index (χ3v) is 19.7. The largest absolute Gasteiger partial charge is 0.514 e. The molecule has 0 radical (unpaired) electrons. The van der Waals surface area contributed by atoms with E-state index < -0.39 is 108 Å². The fourth-order valence-electron chi connectivity index (χ4n) is 13.3. The maximum Gasteiger partial charge on any atom is 0.514 e. The number of rotatable bonds is 14. The Bertz CT molecular complexity index is 4350. The maximum atomic E-state index is 15.2. The van der Waals surface area contributed by atoms with Crippen molar-refractivity contribution in [2.24, 2.45) is 0 Å². The van der Waals surface area contributed by atoms with Gasteiger partial charge in [0.2, 0.25) is 0 Å². The number of carbonyl (C=O) groups is 5. The summed E-state index contributed by atoms with van der Waals surface area (Å²) in [5.41, 5.74) is 4.63. The molecular formula is C94H132O15. The smallest absolute Gasteiger partial charge is 0.428 e. The maximum absolute atomic E-state index is 15.2. The van der Waals surface area contributed by atoms with E-state index in [9.17, 15) is 19.2 Å². The van der Waals surface area contributed by atoms with Crippen LogP contribution in [-0.2, 0) is 67.0 Å². The van der Waals surface area contributed by atoms with Gasteiger partial charge in [-0.25, -0.2) is 24.0 Å². The lowest BCUT2D eigenvalue weighted by Gasteiger charge is -2.42. The molecule has 1 atom stereocenters. The van der Waals surface area contributed by atoms with Gasteiger partial charge in [0.25, 0.3) is 0 Å². The van der Waals surface area contributed by atoms with Crippen LogP contribution in [0.5, 0.6) is 28.7 Å². The van der Waals surface area contributed by atoms with E-state index in [2.05, 4.69) is 160 Å². The van der Waals surface area contributed by atoms with Crippen LogP contribution in [0.2, 0.25) is 0 Å². The second kappa shape index (κ2) is 30.7. The zero-order chi connectivity index (χ0) is 83.6. The van der Waals surface area contributed by atoms with Crippen LogP contribution in [-0.4, -0.2) is 58.8 Å². The highest BCUT2D eigenvalue weighted by molar-refractivity contribution is 5.78. The molecule has 109 heavy (non-hydrogen) atoms. The Labute approximate surface area is 654 Å².